The Hall–Kier alpha value is -3.39. The van der Waals surface area contributed by atoms with E-state index < -0.39 is 6.04 Å². The number of ketones is 1. The van der Waals surface area contributed by atoms with Gasteiger partial charge >= 0.3 is 0 Å². The minimum absolute atomic E-state index is 0.116. The zero-order valence-corrected chi connectivity index (χ0v) is 22.9. The average molecular weight is 552 g/mol. The Kier molecular flexibility index (Phi) is 6.70. The second kappa shape index (κ2) is 9.82. The van der Waals surface area contributed by atoms with Crippen LogP contribution in [0, 0.1) is 0 Å². The molecule has 0 saturated carbocycles. The van der Waals surface area contributed by atoms with Crippen LogP contribution >= 0.6 is 34.5 Å². The van der Waals surface area contributed by atoms with E-state index in [9.17, 15) is 9.59 Å². The molecule has 1 atom stereocenters. The summed E-state index contributed by atoms with van der Waals surface area (Å²) in [6.07, 6.45) is 1.70. The summed E-state index contributed by atoms with van der Waals surface area (Å²) in [6, 6.07) is 16.2. The van der Waals surface area contributed by atoms with Crippen LogP contribution in [0.2, 0.25) is 10.0 Å². The van der Waals surface area contributed by atoms with Crippen molar-refractivity contribution in [3.63, 3.8) is 0 Å². The zero-order valence-electron chi connectivity index (χ0n) is 20.6. The second-order valence-corrected chi connectivity index (χ2v) is 10.8. The Bertz CT molecular complexity index is 1740. The Morgan fingerprint density at radius 1 is 1.08 bits per heavy atom. The highest BCUT2D eigenvalue weighted by Crippen LogP contribution is 2.32. The van der Waals surface area contributed by atoms with E-state index in [2.05, 4.69) is 4.99 Å². The fraction of sp³-hybridized carbons (Fsp3) is 0.179. The Morgan fingerprint density at radius 3 is 2.46 bits per heavy atom. The number of allylic oxidation sites excluding steroid dienone is 2. The molecule has 6 nitrogen and oxygen atoms in total. The maximum atomic E-state index is 13.7. The molecule has 0 N–H and O–H groups in total. The average Bonchev–Trinajstić information content (AvgIpc) is 3.44. The van der Waals surface area contributed by atoms with Crippen LogP contribution in [0.4, 0.5) is 5.69 Å². The van der Waals surface area contributed by atoms with Crippen molar-refractivity contribution in [1.29, 1.82) is 0 Å². The van der Waals surface area contributed by atoms with Gasteiger partial charge in [-0.05, 0) is 61.9 Å². The van der Waals surface area contributed by atoms with Gasteiger partial charge in [0, 0.05) is 42.7 Å². The zero-order chi connectivity index (χ0) is 26.4. The molecule has 0 unspecified atom stereocenters. The molecule has 4 aromatic rings. The Balaban J connectivity index is 1.61. The third kappa shape index (κ3) is 4.70. The standard InChI is InChI=1S/C28H23Cl2N3O3S/c1-15-25(16(2)34)26(17-5-8-19(9-6-17)32(3)4)33-27(35)24(37-28(33)31-15)14-20-10-12-23(36-20)18-7-11-21(29)22(30)13-18/h5-14,26H,1-4H3/b24-14+/t26-/m0/s1. The van der Waals surface area contributed by atoms with Crippen molar-refractivity contribution < 1.29 is 9.21 Å². The molecule has 0 spiro atoms. The van der Waals surface area contributed by atoms with E-state index in [0.717, 1.165) is 16.8 Å². The first-order valence-electron chi connectivity index (χ1n) is 11.5. The summed E-state index contributed by atoms with van der Waals surface area (Å²) in [5.74, 6) is 1.00. The quantitative estimate of drug-likeness (QED) is 0.330. The number of aromatic nitrogens is 1. The number of furan rings is 1. The number of anilines is 1. The first-order valence-corrected chi connectivity index (χ1v) is 13.1. The van der Waals surface area contributed by atoms with E-state index >= 15 is 0 Å². The van der Waals surface area contributed by atoms with Gasteiger partial charge < -0.3 is 9.32 Å². The van der Waals surface area contributed by atoms with Gasteiger partial charge in [0.25, 0.3) is 5.56 Å². The van der Waals surface area contributed by atoms with Gasteiger partial charge in [0.2, 0.25) is 0 Å². The lowest BCUT2D eigenvalue weighted by molar-refractivity contribution is -0.114. The van der Waals surface area contributed by atoms with E-state index in [4.69, 9.17) is 27.6 Å². The van der Waals surface area contributed by atoms with E-state index in [1.807, 2.05) is 62.3 Å². The van der Waals surface area contributed by atoms with Gasteiger partial charge in [-0.25, -0.2) is 4.99 Å². The normalized spacial score (nSPS) is 15.5. The molecule has 9 heteroatoms. The van der Waals surface area contributed by atoms with Gasteiger partial charge in [-0.15, -0.1) is 0 Å². The van der Waals surface area contributed by atoms with Crippen molar-refractivity contribution in [2.45, 2.75) is 19.9 Å². The van der Waals surface area contributed by atoms with E-state index in [0.29, 0.717) is 42.2 Å². The number of halogens is 2. The number of hydrogen-bond donors (Lipinski definition) is 0. The van der Waals surface area contributed by atoms with Crippen LogP contribution in [-0.4, -0.2) is 24.4 Å². The molecule has 3 heterocycles. The van der Waals surface area contributed by atoms with Crippen LogP contribution in [0.1, 0.15) is 31.2 Å². The highest BCUT2D eigenvalue weighted by atomic mass is 35.5. The molecule has 1 aliphatic rings. The fourth-order valence-corrected chi connectivity index (χ4v) is 5.73. The smallest absolute Gasteiger partial charge is 0.271 e. The van der Waals surface area contributed by atoms with Crippen molar-refractivity contribution in [3.05, 3.63) is 107 Å². The molecule has 0 amide bonds. The highest BCUT2D eigenvalue weighted by Gasteiger charge is 2.30. The lowest BCUT2D eigenvalue weighted by atomic mass is 9.93. The van der Waals surface area contributed by atoms with Crippen LogP contribution in [-0.2, 0) is 4.79 Å². The Labute approximate surface area is 227 Å². The lowest BCUT2D eigenvalue weighted by Gasteiger charge is -2.25. The number of Topliss-reactive ketones (excluding diaryl/α,β-unsaturated/α-hetero) is 1. The summed E-state index contributed by atoms with van der Waals surface area (Å²) in [5.41, 5.74) is 3.54. The Morgan fingerprint density at radius 2 is 1.81 bits per heavy atom. The minimum atomic E-state index is -0.560. The number of thiazole rings is 1. The molecule has 0 bridgehead atoms. The molecule has 0 saturated heterocycles. The molecule has 2 aromatic heterocycles. The van der Waals surface area contributed by atoms with Crippen LogP contribution < -0.4 is 19.8 Å². The number of carbonyl (C=O) groups excluding carboxylic acids is 1. The number of nitrogens with zero attached hydrogens (tertiary/aromatic N) is 3. The van der Waals surface area contributed by atoms with Crippen LogP contribution in [0.15, 0.2) is 80.1 Å². The lowest BCUT2D eigenvalue weighted by Crippen LogP contribution is -2.39. The van der Waals surface area contributed by atoms with E-state index in [1.54, 1.807) is 28.8 Å². The van der Waals surface area contributed by atoms with E-state index in [-0.39, 0.29) is 11.3 Å². The maximum Gasteiger partial charge on any atom is 0.271 e. The summed E-state index contributed by atoms with van der Waals surface area (Å²) in [5, 5.41) is 0.894. The maximum absolute atomic E-state index is 13.7. The van der Waals surface area contributed by atoms with Gasteiger partial charge in [-0.3, -0.25) is 14.2 Å². The molecule has 37 heavy (non-hydrogen) atoms. The first kappa shape index (κ1) is 25.3. The van der Waals surface area contributed by atoms with Crippen LogP contribution in [0.3, 0.4) is 0 Å². The van der Waals surface area contributed by atoms with Crippen molar-refractivity contribution >= 4 is 52.1 Å². The summed E-state index contributed by atoms with van der Waals surface area (Å²) in [6.45, 7) is 3.32. The SMILES string of the molecule is CC(=O)C1=C(C)N=c2s/c(=C/c3ccc(-c4ccc(Cl)c(Cl)c4)o3)c(=O)n2[C@H]1c1ccc(N(C)C)cc1. The molecule has 2 aromatic carbocycles. The third-order valence-electron chi connectivity index (χ3n) is 6.23. The molecule has 0 aliphatic carbocycles. The number of carbonyl (C=O) groups is 1. The van der Waals surface area contributed by atoms with Crippen molar-refractivity contribution in [2.24, 2.45) is 4.99 Å². The number of fused-ring (bicyclic) bond motifs is 1. The summed E-state index contributed by atoms with van der Waals surface area (Å²) in [7, 11) is 3.93. The molecular formula is C28H23Cl2N3O3S. The van der Waals surface area contributed by atoms with Gasteiger partial charge in [0.05, 0.1) is 20.6 Å². The number of hydrogen-bond acceptors (Lipinski definition) is 6. The molecule has 5 rings (SSSR count). The van der Waals surface area contributed by atoms with Crippen LogP contribution in [0.25, 0.3) is 17.4 Å². The van der Waals surface area contributed by atoms with Gasteiger partial charge in [0.1, 0.15) is 11.5 Å². The number of rotatable bonds is 5. The molecule has 0 radical (unpaired) electrons. The van der Waals surface area contributed by atoms with Crippen LogP contribution in [0.5, 0.6) is 0 Å². The molecule has 188 valence electrons. The fourth-order valence-electron chi connectivity index (χ4n) is 4.40. The topological polar surface area (TPSA) is 67.8 Å². The van der Waals surface area contributed by atoms with Crippen molar-refractivity contribution in [1.82, 2.24) is 4.57 Å². The van der Waals surface area contributed by atoms with Crippen molar-refractivity contribution in [3.8, 4) is 11.3 Å². The molecule has 0 fully saturated rings. The second-order valence-electron chi connectivity index (χ2n) is 8.95. The third-order valence-corrected chi connectivity index (χ3v) is 7.95. The first-order chi connectivity index (χ1) is 17.6. The number of benzene rings is 2. The summed E-state index contributed by atoms with van der Waals surface area (Å²) in [4.78, 5) is 33.5. The van der Waals surface area contributed by atoms with Gasteiger partial charge in [0.15, 0.2) is 10.6 Å². The predicted octanol–water partition coefficient (Wildman–Crippen LogP) is 5.46. The monoisotopic (exact) mass is 551 g/mol. The molecule has 1 aliphatic heterocycles. The van der Waals surface area contributed by atoms with Gasteiger partial charge in [-0.2, -0.15) is 0 Å². The predicted molar refractivity (Wildman–Crippen MR) is 149 cm³/mol. The molecular weight excluding hydrogens is 529 g/mol. The highest BCUT2D eigenvalue weighted by molar-refractivity contribution is 7.07. The van der Waals surface area contributed by atoms with Gasteiger partial charge in [-0.1, -0.05) is 46.7 Å². The minimum Gasteiger partial charge on any atom is -0.457 e. The summed E-state index contributed by atoms with van der Waals surface area (Å²) < 4.78 is 8.05. The van der Waals surface area contributed by atoms with Crippen molar-refractivity contribution in [2.75, 3.05) is 19.0 Å². The van der Waals surface area contributed by atoms with E-state index in [1.165, 1.54) is 18.3 Å². The summed E-state index contributed by atoms with van der Waals surface area (Å²) >= 11 is 13.4. The largest absolute Gasteiger partial charge is 0.457 e.